The summed E-state index contributed by atoms with van der Waals surface area (Å²) in [5.41, 5.74) is 4.05. The Kier molecular flexibility index (Phi) is 5.20. The van der Waals surface area contributed by atoms with Gasteiger partial charge in [0, 0.05) is 10.0 Å². The third kappa shape index (κ3) is 3.28. The molecule has 0 N–H and O–H groups in total. The number of fused-ring (bicyclic) bond motifs is 1. The van der Waals surface area contributed by atoms with Crippen molar-refractivity contribution in [1.82, 2.24) is 0 Å². The molecule has 0 unspecified atom stereocenters. The lowest BCUT2D eigenvalue weighted by molar-refractivity contribution is -0.126. The molecule has 0 bridgehead atoms. The molecule has 2 fully saturated rings. The Labute approximate surface area is 196 Å². The van der Waals surface area contributed by atoms with Gasteiger partial charge in [-0.15, -0.1) is 0 Å². The molecule has 0 aliphatic carbocycles. The molecule has 2 aliphatic rings. The molecule has 2 amide bonds. The van der Waals surface area contributed by atoms with Crippen molar-refractivity contribution >= 4 is 46.4 Å². The molecule has 162 valence electrons. The van der Waals surface area contributed by atoms with Gasteiger partial charge < -0.3 is 0 Å². The van der Waals surface area contributed by atoms with Crippen LogP contribution in [0.25, 0.3) is 0 Å². The molecule has 32 heavy (non-hydrogen) atoms. The third-order valence-electron chi connectivity index (χ3n) is 6.16. The Morgan fingerprint density at radius 2 is 1.56 bits per heavy atom. The maximum atomic E-state index is 13.7. The molecule has 5 rings (SSSR count). The number of anilines is 2. The minimum Gasteiger partial charge on any atom is -0.273 e. The van der Waals surface area contributed by atoms with Crippen molar-refractivity contribution in [3.63, 3.8) is 0 Å². The number of imide groups is 1. The van der Waals surface area contributed by atoms with Crippen LogP contribution in [0.1, 0.15) is 22.7 Å². The zero-order valence-electron chi connectivity index (χ0n) is 17.5. The quantitative estimate of drug-likeness (QED) is 0.467. The largest absolute Gasteiger partial charge is 0.273 e. The second-order valence-corrected chi connectivity index (χ2v) is 8.95. The number of benzene rings is 3. The van der Waals surface area contributed by atoms with Crippen LogP contribution >= 0.6 is 23.2 Å². The summed E-state index contributed by atoms with van der Waals surface area (Å²) in [5, 5.41) is 2.53. The van der Waals surface area contributed by atoms with Gasteiger partial charge in [0.15, 0.2) is 6.10 Å². The average Bonchev–Trinajstić information content (AvgIpc) is 3.27. The first kappa shape index (κ1) is 21.0. The maximum Gasteiger partial charge on any atom is 0.266 e. The van der Waals surface area contributed by atoms with Crippen molar-refractivity contribution in [2.75, 3.05) is 9.96 Å². The number of carbonyl (C=O) groups excluding carboxylic acids is 2. The normalized spacial score (nSPS) is 22.6. The van der Waals surface area contributed by atoms with Crippen molar-refractivity contribution in [1.29, 1.82) is 0 Å². The summed E-state index contributed by atoms with van der Waals surface area (Å²) in [6.07, 6.45) is -0.943. The van der Waals surface area contributed by atoms with Gasteiger partial charge in [-0.25, -0.2) is 9.96 Å². The van der Waals surface area contributed by atoms with Crippen LogP contribution in [0.4, 0.5) is 11.4 Å². The van der Waals surface area contributed by atoms with Gasteiger partial charge in [0.25, 0.3) is 5.91 Å². The van der Waals surface area contributed by atoms with E-state index in [9.17, 15) is 9.59 Å². The topological polar surface area (TPSA) is 49.9 Å². The number of rotatable bonds is 3. The lowest BCUT2D eigenvalue weighted by atomic mass is 9.90. The first-order valence-corrected chi connectivity index (χ1v) is 11.0. The molecule has 0 radical (unpaired) electrons. The standard InChI is InChI=1S/C25H20Cl2N2O3/c1-14-8-10-18(12-15(14)2)28-24(30)21-22(19-11-9-16(26)13-20(19)27)29(32-23(21)25(28)31)17-6-4-3-5-7-17/h3-13,21-23H,1-2H3/t21-,22+,23-/m0/s1. The van der Waals surface area contributed by atoms with E-state index in [-0.39, 0.29) is 11.8 Å². The predicted octanol–water partition coefficient (Wildman–Crippen LogP) is 5.66. The first-order chi connectivity index (χ1) is 15.4. The van der Waals surface area contributed by atoms with Crippen LogP contribution < -0.4 is 9.96 Å². The summed E-state index contributed by atoms with van der Waals surface area (Å²) in [6, 6.07) is 19.5. The molecule has 7 heteroatoms. The first-order valence-electron chi connectivity index (χ1n) is 10.3. The molecule has 3 atom stereocenters. The zero-order chi connectivity index (χ0) is 22.6. The molecule has 0 spiro atoms. The monoisotopic (exact) mass is 466 g/mol. The Bertz CT molecular complexity index is 1230. The number of hydroxylamine groups is 1. The summed E-state index contributed by atoms with van der Waals surface area (Å²) >= 11 is 12.7. The lowest BCUT2D eigenvalue weighted by Crippen LogP contribution is -2.37. The van der Waals surface area contributed by atoms with Gasteiger partial charge in [-0.05, 0) is 66.9 Å². The zero-order valence-corrected chi connectivity index (χ0v) is 19.0. The van der Waals surface area contributed by atoms with E-state index in [0.717, 1.165) is 16.8 Å². The summed E-state index contributed by atoms with van der Waals surface area (Å²) in [6.45, 7) is 3.94. The molecule has 2 saturated heterocycles. The van der Waals surface area contributed by atoms with E-state index in [1.165, 1.54) is 4.90 Å². The van der Waals surface area contributed by atoms with E-state index in [4.69, 9.17) is 28.0 Å². The number of carbonyl (C=O) groups is 2. The van der Waals surface area contributed by atoms with Crippen molar-refractivity contribution < 1.29 is 14.4 Å². The smallest absolute Gasteiger partial charge is 0.266 e. The van der Waals surface area contributed by atoms with Crippen LogP contribution in [0.15, 0.2) is 66.7 Å². The van der Waals surface area contributed by atoms with E-state index in [1.54, 1.807) is 29.3 Å². The molecule has 3 aromatic rings. The van der Waals surface area contributed by atoms with Crippen LogP contribution in [0.5, 0.6) is 0 Å². The molecule has 2 heterocycles. The second kappa shape index (κ2) is 7.93. The Hall–Kier alpha value is -2.86. The van der Waals surface area contributed by atoms with Gasteiger partial charge in [0.2, 0.25) is 5.91 Å². The van der Waals surface area contributed by atoms with Gasteiger partial charge >= 0.3 is 0 Å². The van der Waals surface area contributed by atoms with Crippen LogP contribution in [-0.2, 0) is 14.4 Å². The van der Waals surface area contributed by atoms with Gasteiger partial charge in [0.1, 0.15) is 5.92 Å². The van der Waals surface area contributed by atoms with E-state index in [2.05, 4.69) is 0 Å². The molecular formula is C25H20Cl2N2O3. The summed E-state index contributed by atoms with van der Waals surface area (Å²) < 4.78 is 0. The molecule has 0 saturated carbocycles. The highest BCUT2D eigenvalue weighted by molar-refractivity contribution is 6.35. The van der Waals surface area contributed by atoms with E-state index in [1.807, 2.05) is 56.3 Å². The predicted molar refractivity (Wildman–Crippen MR) is 125 cm³/mol. The summed E-state index contributed by atoms with van der Waals surface area (Å²) in [4.78, 5) is 34.4. The highest BCUT2D eigenvalue weighted by atomic mass is 35.5. The average molecular weight is 467 g/mol. The molecule has 3 aromatic carbocycles. The third-order valence-corrected chi connectivity index (χ3v) is 6.72. The number of para-hydroxylation sites is 1. The van der Waals surface area contributed by atoms with Crippen LogP contribution in [-0.4, -0.2) is 17.9 Å². The summed E-state index contributed by atoms with van der Waals surface area (Å²) in [7, 11) is 0. The minimum absolute atomic E-state index is 0.308. The molecule has 5 nitrogen and oxygen atoms in total. The second-order valence-electron chi connectivity index (χ2n) is 8.10. The van der Waals surface area contributed by atoms with Crippen LogP contribution in [0.3, 0.4) is 0 Å². The fraction of sp³-hybridized carbons (Fsp3) is 0.200. The minimum atomic E-state index is -0.943. The Balaban J connectivity index is 1.61. The maximum absolute atomic E-state index is 13.7. The van der Waals surface area contributed by atoms with E-state index >= 15 is 0 Å². The van der Waals surface area contributed by atoms with Gasteiger partial charge in [-0.3, -0.25) is 14.4 Å². The number of amides is 2. The molecule has 2 aliphatic heterocycles. The number of hydrogen-bond acceptors (Lipinski definition) is 4. The highest BCUT2D eigenvalue weighted by Crippen LogP contribution is 2.49. The van der Waals surface area contributed by atoms with Crippen molar-refractivity contribution in [3.05, 3.63) is 93.5 Å². The number of nitrogens with zero attached hydrogens (tertiary/aromatic N) is 2. The molecule has 0 aromatic heterocycles. The van der Waals surface area contributed by atoms with Gasteiger partial charge in [-0.2, -0.15) is 0 Å². The fourth-order valence-electron chi connectivity index (χ4n) is 4.39. The van der Waals surface area contributed by atoms with Crippen molar-refractivity contribution in [2.45, 2.75) is 26.0 Å². The SMILES string of the molecule is Cc1ccc(N2C(=O)[C@@H]3[C@H](ON(c4ccccc4)[C@@H]3c3ccc(Cl)cc3Cl)C2=O)cc1C. The van der Waals surface area contributed by atoms with E-state index < -0.39 is 18.1 Å². The van der Waals surface area contributed by atoms with E-state index in [0.29, 0.717) is 21.3 Å². The van der Waals surface area contributed by atoms with Crippen LogP contribution in [0.2, 0.25) is 10.0 Å². The highest BCUT2D eigenvalue weighted by Gasteiger charge is 2.60. The summed E-state index contributed by atoms with van der Waals surface area (Å²) in [5.74, 6) is -1.43. The lowest BCUT2D eigenvalue weighted by Gasteiger charge is -2.29. The van der Waals surface area contributed by atoms with Gasteiger partial charge in [-0.1, -0.05) is 53.5 Å². The number of halogens is 2. The van der Waals surface area contributed by atoms with Crippen molar-refractivity contribution in [2.24, 2.45) is 5.92 Å². The van der Waals surface area contributed by atoms with Gasteiger partial charge in [0.05, 0.1) is 17.4 Å². The Morgan fingerprint density at radius 3 is 2.25 bits per heavy atom. The molecular weight excluding hydrogens is 447 g/mol. The number of aryl methyl sites for hydroxylation is 2. The Morgan fingerprint density at radius 1 is 0.812 bits per heavy atom. The number of hydrogen-bond donors (Lipinski definition) is 0. The van der Waals surface area contributed by atoms with Crippen LogP contribution in [0, 0.1) is 19.8 Å². The fourth-order valence-corrected chi connectivity index (χ4v) is 4.91. The van der Waals surface area contributed by atoms with Crippen molar-refractivity contribution in [3.8, 4) is 0 Å².